The van der Waals surface area contributed by atoms with Crippen molar-refractivity contribution in [3.8, 4) is 107 Å². The van der Waals surface area contributed by atoms with E-state index >= 15 is 0 Å². The lowest BCUT2D eigenvalue weighted by Crippen LogP contribution is -2.61. The molecule has 2 aliphatic heterocycles. The molecule has 5 heterocycles. The van der Waals surface area contributed by atoms with Crippen LogP contribution in [0.25, 0.3) is 129 Å². The molecule has 14 aromatic carbocycles. The molecule has 17 aromatic rings. The topological polar surface area (TPSA) is 75.9 Å². The summed E-state index contributed by atoms with van der Waals surface area (Å²) in [5.41, 5.74) is 27.0. The first-order valence-electron chi connectivity index (χ1n) is 33.9. The lowest BCUT2D eigenvalue weighted by atomic mass is 9.33. The van der Waals surface area contributed by atoms with Gasteiger partial charge >= 0.3 is 0 Å². The summed E-state index contributed by atoms with van der Waals surface area (Å²) in [4.78, 5) is 32.1. The maximum absolute atomic E-state index is 5.82. The minimum Gasteiger partial charge on any atom is -0.311 e. The monoisotopic (exact) mass is 1270 g/mol. The second kappa shape index (κ2) is 24.4. The van der Waals surface area contributed by atoms with Crippen molar-refractivity contribution in [2.75, 3.05) is 9.80 Å². The Morgan fingerprint density at radius 3 is 1.11 bits per heavy atom. The fourth-order valence-electron chi connectivity index (χ4n) is 15.0. The van der Waals surface area contributed by atoms with Gasteiger partial charge in [-0.15, -0.1) is 0 Å². The highest BCUT2D eigenvalue weighted by Gasteiger charge is 2.43. The zero-order valence-corrected chi connectivity index (χ0v) is 54.2. The van der Waals surface area contributed by atoms with Crippen molar-refractivity contribution in [2.45, 2.75) is 0 Å². The largest absolute Gasteiger partial charge is 0.311 e. The molecule has 0 unspecified atom stereocenters. The Bertz CT molecular complexity index is 5710. The number of aromatic nitrogens is 6. The molecule has 0 bridgehead atoms. The van der Waals surface area contributed by atoms with Gasteiger partial charge in [0.25, 0.3) is 6.71 Å². The third kappa shape index (κ3) is 10.1. The summed E-state index contributed by atoms with van der Waals surface area (Å²) in [6.45, 7) is -0.0170. The van der Waals surface area contributed by atoms with Crippen LogP contribution in [0.3, 0.4) is 0 Å². The standard InChI is InChI=1S/C91H59BN8/c1-8-27-60(28-9-1)66-47-50-80-73(54-66)74-55-67(61-29-10-2-11-30-61)48-51-81(74)100(80)82-52-49-69(91-96-88(63-33-14-4-15-34-63)95-89(97-91)64-35-16-5-17-36-64)56-75(82)79-59-78(62-31-12-3-13-32-62)93-90(94-79)68-38-26-37-65(53-68)70-57-85-87-86(58-70)99(72-41-20-7-21-42-72)84-46-25-23-44-77(84)92(87)76-43-22-24-45-83(76)98(85)71-39-18-6-19-40-71/h1-59H. The van der Waals surface area contributed by atoms with Gasteiger partial charge in [0.2, 0.25) is 0 Å². The van der Waals surface area contributed by atoms with E-state index in [2.05, 4.69) is 312 Å². The molecule has 0 amide bonds. The molecule has 3 aromatic heterocycles. The summed E-state index contributed by atoms with van der Waals surface area (Å²) in [5.74, 6) is 2.27. The van der Waals surface area contributed by atoms with Gasteiger partial charge in [0, 0.05) is 78.3 Å². The number of benzene rings is 14. The van der Waals surface area contributed by atoms with E-state index in [9.17, 15) is 0 Å². The van der Waals surface area contributed by atoms with E-state index in [1.165, 1.54) is 16.4 Å². The molecule has 8 nitrogen and oxygen atoms in total. The van der Waals surface area contributed by atoms with Crippen molar-refractivity contribution < 1.29 is 0 Å². The van der Waals surface area contributed by atoms with E-state index in [4.69, 9.17) is 24.9 Å². The summed E-state index contributed by atoms with van der Waals surface area (Å²) in [6.07, 6.45) is 0. The van der Waals surface area contributed by atoms with Crippen molar-refractivity contribution in [1.29, 1.82) is 0 Å². The van der Waals surface area contributed by atoms with E-state index in [1.807, 2.05) is 60.7 Å². The van der Waals surface area contributed by atoms with Crippen LogP contribution >= 0.6 is 0 Å². The Morgan fingerprint density at radius 1 is 0.220 bits per heavy atom. The van der Waals surface area contributed by atoms with Crippen molar-refractivity contribution in [3.63, 3.8) is 0 Å². The fraction of sp³-hybridized carbons (Fsp3) is 0. The first kappa shape index (κ1) is 58.0. The molecule has 0 radical (unpaired) electrons. The lowest BCUT2D eigenvalue weighted by molar-refractivity contribution is 1.07. The summed E-state index contributed by atoms with van der Waals surface area (Å²) >= 11 is 0. The molecule has 0 aliphatic carbocycles. The fourth-order valence-corrected chi connectivity index (χ4v) is 15.0. The van der Waals surface area contributed by atoms with Crippen molar-refractivity contribution in [3.05, 3.63) is 358 Å². The third-order valence-corrected chi connectivity index (χ3v) is 19.6. The average molecular weight is 1280 g/mol. The molecule has 2 aliphatic rings. The van der Waals surface area contributed by atoms with Crippen LogP contribution in [-0.4, -0.2) is 36.2 Å². The summed E-state index contributed by atoms with van der Waals surface area (Å²) in [5, 5.41) is 2.26. The second-order valence-corrected chi connectivity index (χ2v) is 25.5. The Hall–Kier alpha value is -13.4. The van der Waals surface area contributed by atoms with E-state index in [0.29, 0.717) is 23.3 Å². The van der Waals surface area contributed by atoms with Crippen LogP contribution in [0.4, 0.5) is 34.1 Å². The van der Waals surface area contributed by atoms with Crippen LogP contribution in [0.1, 0.15) is 0 Å². The lowest BCUT2D eigenvalue weighted by Gasteiger charge is -2.44. The first-order valence-corrected chi connectivity index (χ1v) is 33.9. The number of nitrogens with zero attached hydrogens (tertiary/aromatic N) is 8. The minimum absolute atomic E-state index is 0.0170. The van der Waals surface area contributed by atoms with Gasteiger partial charge in [-0.3, -0.25) is 0 Å². The smallest absolute Gasteiger partial charge is 0.252 e. The van der Waals surface area contributed by atoms with Crippen LogP contribution in [0.15, 0.2) is 358 Å². The third-order valence-electron chi connectivity index (χ3n) is 19.6. The van der Waals surface area contributed by atoms with Gasteiger partial charge in [-0.25, -0.2) is 24.9 Å². The highest BCUT2D eigenvalue weighted by molar-refractivity contribution is 7.00. The SMILES string of the molecule is c1ccc(-c2ccc3c(c2)c2cc(-c4ccccc4)ccc2n3-c2ccc(-c3nc(-c4ccccc4)nc(-c4ccccc4)n3)cc2-c2cc(-c3ccccc3)nc(-c3cccc(-c4cc5c6c(c4)N(c4ccccc4)c4ccccc4B6c4ccccc4N5c4ccccc4)c3)n2)cc1. The molecule has 0 atom stereocenters. The Morgan fingerprint density at radius 2 is 0.600 bits per heavy atom. The first-order chi connectivity index (χ1) is 49.6. The average Bonchev–Trinajstić information content (AvgIpc) is 0.714. The second-order valence-electron chi connectivity index (χ2n) is 25.5. The summed E-state index contributed by atoms with van der Waals surface area (Å²) in [7, 11) is 0. The van der Waals surface area contributed by atoms with Gasteiger partial charge in [0.15, 0.2) is 23.3 Å². The Labute approximate surface area is 579 Å². The molecule has 0 saturated heterocycles. The molecule has 100 heavy (non-hydrogen) atoms. The number of para-hydroxylation sites is 4. The number of fused-ring (bicyclic) bond motifs is 7. The quantitative estimate of drug-likeness (QED) is 0.113. The van der Waals surface area contributed by atoms with Gasteiger partial charge in [0.05, 0.1) is 28.1 Å². The predicted octanol–water partition coefficient (Wildman–Crippen LogP) is 20.8. The van der Waals surface area contributed by atoms with Crippen LogP contribution in [0.2, 0.25) is 0 Å². The zero-order chi connectivity index (χ0) is 66.0. The van der Waals surface area contributed by atoms with E-state index in [1.54, 1.807) is 0 Å². The highest BCUT2D eigenvalue weighted by atomic mass is 15.2. The number of anilines is 6. The normalized spacial score (nSPS) is 12.1. The molecule has 0 spiro atoms. The molecule has 9 heteroatoms. The molecular formula is C91H59BN8. The molecule has 466 valence electrons. The van der Waals surface area contributed by atoms with Gasteiger partial charge < -0.3 is 14.4 Å². The van der Waals surface area contributed by atoms with E-state index < -0.39 is 0 Å². The van der Waals surface area contributed by atoms with Crippen LogP contribution < -0.4 is 26.2 Å². The van der Waals surface area contributed by atoms with Gasteiger partial charge in [-0.05, 0) is 153 Å². The molecule has 19 rings (SSSR count). The zero-order valence-electron chi connectivity index (χ0n) is 54.2. The van der Waals surface area contributed by atoms with Crippen LogP contribution in [0.5, 0.6) is 0 Å². The van der Waals surface area contributed by atoms with Crippen molar-refractivity contribution >= 4 is 79.0 Å². The summed E-state index contributed by atoms with van der Waals surface area (Å²) < 4.78 is 2.41. The van der Waals surface area contributed by atoms with E-state index in [-0.39, 0.29) is 6.71 Å². The molecule has 0 N–H and O–H groups in total. The van der Waals surface area contributed by atoms with Gasteiger partial charge in [-0.1, -0.05) is 255 Å². The van der Waals surface area contributed by atoms with Crippen LogP contribution in [0, 0.1) is 0 Å². The van der Waals surface area contributed by atoms with Crippen molar-refractivity contribution in [1.82, 2.24) is 29.5 Å². The number of hydrogen-bond acceptors (Lipinski definition) is 7. The molecular weight excluding hydrogens is 1220 g/mol. The maximum Gasteiger partial charge on any atom is 0.252 e. The van der Waals surface area contributed by atoms with Crippen molar-refractivity contribution in [2.24, 2.45) is 0 Å². The van der Waals surface area contributed by atoms with Gasteiger partial charge in [0.1, 0.15) is 0 Å². The van der Waals surface area contributed by atoms with E-state index in [0.717, 1.165) is 140 Å². The minimum atomic E-state index is -0.0170. The number of rotatable bonds is 12. The molecule has 0 saturated carbocycles. The maximum atomic E-state index is 5.82. The molecule has 0 fully saturated rings. The Kier molecular flexibility index (Phi) is 14.1. The number of hydrogen-bond donors (Lipinski definition) is 0. The van der Waals surface area contributed by atoms with Gasteiger partial charge in [-0.2, -0.15) is 0 Å². The highest BCUT2D eigenvalue weighted by Crippen LogP contribution is 2.48. The summed E-state index contributed by atoms with van der Waals surface area (Å²) in [6, 6.07) is 128. The van der Waals surface area contributed by atoms with Crippen LogP contribution in [-0.2, 0) is 0 Å². The Balaban J connectivity index is 0.846. The predicted molar refractivity (Wildman–Crippen MR) is 413 cm³/mol.